The lowest BCUT2D eigenvalue weighted by Gasteiger charge is -2.06. The van der Waals surface area contributed by atoms with Crippen molar-refractivity contribution in [1.82, 2.24) is 0 Å². The molecule has 0 fully saturated rings. The van der Waals surface area contributed by atoms with Crippen LogP contribution in [0, 0.1) is 12.7 Å². The number of aryl methyl sites for hydroxylation is 1. The van der Waals surface area contributed by atoms with Gasteiger partial charge in [-0.15, -0.1) is 11.8 Å². The quantitative estimate of drug-likeness (QED) is 0.655. The summed E-state index contributed by atoms with van der Waals surface area (Å²) in [6.45, 7) is 2.00. The number of thioether (sulfide) groups is 1. The van der Waals surface area contributed by atoms with Crippen molar-refractivity contribution in [2.24, 2.45) is 0 Å². The summed E-state index contributed by atoms with van der Waals surface area (Å²) in [6.07, 6.45) is 0. The number of halogens is 1. The van der Waals surface area contributed by atoms with Gasteiger partial charge in [-0.1, -0.05) is 6.07 Å². The highest BCUT2D eigenvalue weighted by Gasteiger charge is 2.01. The van der Waals surface area contributed by atoms with E-state index < -0.39 is 0 Å². The summed E-state index contributed by atoms with van der Waals surface area (Å²) in [5, 5.41) is 0. The number of benzene rings is 2. The van der Waals surface area contributed by atoms with Crippen LogP contribution in [0.25, 0.3) is 0 Å². The molecule has 2 aromatic carbocycles. The van der Waals surface area contributed by atoms with Gasteiger partial charge in [0.1, 0.15) is 5.82 Å². The Labute approximate surface area is 105 Å². The summed E-state index contributed by atoms with van der Waals surface area (Å²) < 4.78 is 13.1. The van der Waals surface area contributed by atoms with E-state index in [1.807, 2.05) is 37.3 Å². The zero-order valence-electron chi connectivity index (χ0n) is 9.61. The van der Waals surface area contributed by atoms with Gasteiger partial charge in [0, 0.05) is 16.3 Å². The summed E-state index contributed by atoms with van der Waals surface area (Å²) in [7, 11) is 0. The third kappa shape index (κ3) is 3.24. The van der Waals surface area contributed by atoms with Crippen molar-refractivity contribution in [3.05, 3.63) is 59.4 Å². The van der Waals surface area contributed by atoms with Crippen LogP contribution in [0.5, 0.6) is 0 Å². The van der Waals surface area contributed by atoms with E-state index in [4.69, 9.17) is 5.73 Å². The van der Waals surface area contributed by atoms with Gasteiger partial charge in [0.15, 0.2) is 0 Å². The maximum absolute atomic E-state index is 13.1. The Morgan fingerprint density at radius 1 is 1.12 bits per heavy atom. The van der Waals surface area contributed by atoms with Crippen molar-refractivity contribution in [2.45, 2.75) is 17.6 Å². The van der Waals surface area contributed by atoms with Gasteiger partial charge >= 0.3 is 0 Å². The van der Waals surface area contributed by atoms with Crippen LogP contribution in [0.15, 0.2) is 47.4 Å². The molecule has 0 saturated heterocycles. The fourth-order valence-corrected chi connectivity index (χ4v) is 2.48. The molecule has 88 valence electrons. The molecule has 1 nitrogen and oxygen atoms in total. The average Bonchev–Trinajstić information content (AvgIpc) is 2.32. The monoisotopic (exact) mass is 247 g/mol. The molecule has 2 aromatic rings. The van der Waals surface area contributed by atoms with E-state index in [0.717, 1.165) is 27.5 Å². The summed E-state index contributed by atoms with van der Waals surface area (Å²) in [6, 6.07) is 12.6. The SMILES string of the molecule is Cc1ccc(F)cc1CSc1ccc(N)cc1. The maximum Gasteiger partial charge on any atom is 0.123 e. The van der Waals surface area contributed by atoms with Crippen LogP contribution in [-0.4, -0.2) is 0 Å². The lowest BCUT2D eigenvalue weighted by molar-refractivity contribution is 0.626. The Hall–Kier alpha value is -1.48. The zero-order valence-corrected chi connectivity index (χ0v) is 10.4. The number of nitrogen functional groups attached to an aromatic ring is 1. The topological polar surface area (TPSA) is 26.0 Å². The van der Waals surface area contributed by atoms with Crippen LogP contribution in [0.3, 0.4) is 0 Å². The fraction of sp³-hybridized carbons (Fsp3) is 0.143. The smallest absolute Gasteiger partial charge is 0.123 e. The summed E-state index contributed by atoms with van der Waals surface area (Å²) >= 11 is 1.68. The van der Waals surface area contributed by atoms with E-state index >= 15 is 0 Å². The van der Waals surface area contributed by atoms with Crippen LogP contribution in [0.4, 0.5) is 10.1 Å². The highest BCUT2D eigenvalue weighted by Crippen LogP contribution is 2.25. The molecule has 0 aliphatic carbocycles. The van der Waals surface area contributed by atoms with Crippen molar-refractivity contribution in [2.75, 3.05) is 5.73 Å². The second kappa shape index (κ2) is 5.23. The van der Waals surface area contributed by atoms with E-state index in [-0.39, 0.29) is 5.82 Å². The Bertz CT molecular complexity index is 508. The highest BCUT2D eigenvalue weighted by atomic mass is 32.2. The van der Waals surface area contributed by atoms with Crippen molar-refractivity contribution in [3.8, 4) is 0 Å². The molecule has 0 atom stereocenters. The van der Waals surface area contributed by atoms with Gasteiger partial charge in [0.25, 0.3) is 0 Å². The molecule has 17 heavy (non-hydrogen) atoms. The van der Waals surface area contributed by atoms with E-state index in [1.165, 1.54) is 6.07 Å². The molecule has 0 heterocycles. The number of anilines is 1. The van der Waals surface area contributed by atoms with Crippen LogP contribution < -0.4 is 5.73 Å². The third-order valence-electron chi connectivity index (χ3n) is 2.59. The van der Waals surface area contributed by atoms with Crippen molar-refractivity contribution in [1.29, 1.82) is 0 Å². The number of hydrogen-bond acceptors (Lipinski definition) is 2. The number of rotatable bonds is 3. The third-order valence-corrected chi connectivity index (χ3v) is 3.65. The van der Waals surface area contributed by atoms with E-state index in [2.05, 4.69) is 0 Å². The Kier molecular flexibility index (Phi) is 3.69. The first kappa shape index (κ1) is 12.0. The van der Waals surface area contributed by atoms with Gasteiger partial charge in [0.2, 0.25) is 0 Å². The van der Waals surface area contributed by atoms with Crippen LogP contribution in [0.2, 0.25) is 0 Å². The molecule has 2 rings (SSSR count). The first-order valence-electron chi connectivity index (χ1n) is 5.38. The molecular weight excluding hydrogens is 233 g/mol. The molecule has 0 unspecified atom stereocenters. The molecule has 0 bridgehead atoms. The molecule has 0 aliphatic heterocycles. The largest absolute Gasteiger partial charge is 0.399 e. The minimum Gasteiger partial charge on any atom is -0.399 e. The van der Waals surface area contributed by atoms with E-state index in [1.54, 1.807) is 17.8 Å². The predicted octanol–water partition coefficient (Wildman–Crippen LogP) is 4.01. The Morgan fingerprint density at radius 2 is 1.82 bits per heavy atom. The van der Waals surface area contributed by atoms with Gasteiger partial charge in [-0.05, 0) is 54.4 Å². The Morgan fingerprint density at radius 3 is 2.53 bits per heavy atom. The minimum absolute atomic E-state index is 0.177. The van der Waals surface area contributed by atoms with Crippen LogP contribution in [0.1, 0.15) is 11.1 Å². The average molecular weight is 247 g/mol. The van der Waals surface area contributed by atoms with Crippen molar-refractivity contribution in [3.63, 3.8) is 0 Å². The second-order valence-corrected chi connectivity index (χ2v) is 4.98. The molecule has 0 saturated carbocycles. The standard InChI is InChI=1S/C14H14FNS/c1-10-2-3-12(15)8-11(10)9-17-14-6-4-13(16)5-7-14/h2-8H,9,16H2,1H3. The van der Waals surface area contributed by atoms with E-state index in [9.17, 15) is 4.39 Å². The maximum atomic E-state index is 13.1. The summed E-state index contributed by atoms with van der Waals surface area (Å²) in [5.41, 5.74) is 8.53. The molecule has 3 heteroatoms. The zero-order chi connectivity index (χ0) is 12.3. The normalized spacial score (nSPS) is 10.5. The van der Waals surface area contributed by atoms with Gasteiger partial charge < -0.3 is 5.73 Å². The van der Waals surface area contributed by atoms with Gasteiger partial charge in [-0.2, -0.15) is 0 Å². The lowest BCUT2D eigenvalue weighted by atomic mass is 10.1. The van der Waals surface area contributed by atoms with Gasteiger partial charge in [-0.3, -0.25) is 0 Å². The Balaban J connectivity index is 2.07. The molecule has 0 spiro atoms. The number of nitrogens with two attached hydrogens (primary N) is 1. The fourth-order valence-electron chi connectivity index (χ4n) is 1.52. The minimum atomic E-state index is -0.177. The number of hydrogen-bond donors (Lipinski definition) is 1. The molecule has 2 N–H and O–H groups in total. The highest BCUT2D eigenvalue weighted by molar-refractivity contribution is 7.98. The molecule has 0 radical (unpaired) electrons. The molecular formula is C14H14FNS. The van der Waals surface area contributed by atoms with Crippen LogP contribution >= 0.6 is 11.8 Å². The van der Waals surface area contributed by atoms with Crippen molar-refractivity contribution >= 4 is 17.4 Å². The van der Waals surface area contributed by atoms with Gasteiger partial charge in [0.05, 0.1) is 0 Å². The lowest BCUT2D eigenvalue weighted by Crippen LogP contribution is -1.88. The summed E-state index contributed by atoms with van der Waals surface area (Å²) in [5.74, 6) is 0.594. The van der Waals surface area contributed by atoms with Crippen LogP contribution in [-0.2, 0) is 5.75 Å². The first-order chi connectivity index (χ1) is 8.15. The second-order valence-electron chi connectivity index (χ2n) is 3.93. The summed E-state index contributed by atoms with van der Waals surface area (Å²) in [4.78, 5) is 1.14. The predicted molar refractivity (Wildman–Crippen MR) is 71.6 cm³/mol. The molecule has 0 amide bonds. The molecule has 0 aliphatic rings. The van der Waals surface area contributed by atoms with Gasteiger partial charge in [-0.25, -0.2) is 4.39 Å². The first-order valence-corrected chi connectivity index (χ1v) is 6.37. The van der Waals surface area contributed by atoms with Crippen molar-refractivity contribution < 1.29 is 4.39 Å². The van der Waals surface area contributed by atoms with E-state index in [0.29, 0.717) is 0 Å². The molecule has 0 aromatic heterocycles.